The van der Waals surface area contributed by atoms with Gasteiger partial charge < -0.3 is 5.11 Å². The first-order chi connectivity index (χ1) is 8.69. The SMILES string of the molecule is Cc1ccc(SCc2ccc(CO)cc2)c(C)c1. The molecule has 0 saturated carbocycles. The van der Waals surface area contributed by atoms with Gasteiger partial charge in [-0.05, 0) is 36.6 Å². The Kier molecular flexibility index (Phi) is 4.45. The van der Waals surface area contributed by atoms with Gasteiger partial charge in [0.15, 0.2) is 0 Å². The summed E-state index contributed by atoms with van der Waals surface area (Å²) < 4.78 is 0. The van der Waals surface area contributed by atoms with Gasteiger partial charge in [0.2, 0.25) is 0 Å². The molecule has 0 heterocycles. The third-order valence-corrected chi connectivity index (χ3v) is 4.18. The molecule has 2 heteroatoms. The summed E-state index contributed by atoms with van der Waals surface area (Å²) >= 11 is 1.86. The van der Waals surface area contributed by atoms with E-state index >= 15 is 0 Å². The monoisotopic (exact) mass is 258 g/mol. The Bertz CT molecular complexity index is 517. The van der Waals surface area contributed by atoms with Crippen LogP contribution in [-0.4, -0.2) is 5.11 Å². The molecule has 0 aliphatic carbocycles. The minimum Gasteiger partial charge on any atom is -0.392 e. The van der Waals surface area contributed by atoms with Crippen molar-refractivity contribution in [3.63, 3.8) is 0 Å². The highest BCUT2D eigenvalue weighted by atomic mass is 32.2. The maximum Gasteiger partial charge on any atom is 0.0681 e. The number of benzene rings is 2. The molecule has 0 fully saturated rings. The average molecular weight is 258 g/mol. The van der Waals surface area contributed by atoms with Crippen LogP contribution in [0.2, 0.25) is 0 Å². The number of aryl methyl sites for hydroxylation is 2. The third kappa shape index (κ3) is 3.37. The number of aliphatic hydroxyl groups excluding tert-OH is 1. The molecule has 2 aromatic rings. The second-order valence-corrected chi connectivity index (χ2v) is 5.55. The molecule has 1 nitrogen and oxygen atoms in total. The van der Waals surface area contributed by atoms with Gasteiger partial charge in [-0.3, -0.25) is 0 Å². The van der Waals surface area contributed by atoms with Crippen molar-refractivity contribution in [1.29, 1.82) is 0 Å². The molecule has 2 aromatic carbocycles. The number of hydrogen-bond donors (Lipinski definition) is 1. The summed E-state index contributed by atoms with van der Waals surface area (Å²) in [5, 5.41) is 8.99. The maximum absolute atomic E-state index is 8.99. The molecule has 0 atom stereocenters. The molecule has 0 amide bonds. The van der Waals surface area contributed by atoms with E-state index < -0.39 is 0 Å². The molecule has 0 aliphatic rings. The Labute approximate surface area is 113 Å². The normalized spacial score (nSPS) is 10.6. The van der Waals surface area contributed by atoms with Crippen LogP contribution >= 0.6 is 11.8 Å². The Balaban J connectivity index is 2.02. The van der Waals surface area contributed by atoms with Gasteiger partial charge in [0, 0.05) is 10.6 Å². The van der Waals surface area contributed by atoms with E-state index in [9.17, 15) is 0 Å². The summed E-state index contributed by atoms with van der Waals surface area (Å²) in [6, 6.07) is 14.7. The van der Waals surface area contributed by atoms with Crippen LogP contribution in [0.1, 0.15) is 22.3 Å². The molecule has 0 aliphatic heterocycles. The lowest BCUT2D eigenvalue weighted by Crippen LogP contribution is -1.86. The second-order valence-electron chi connectivity index (χ2n) is 4.53. The average Bonchev–Trinajstić information content (AvgIpc) is 2.38. The Hall–Kier alpha value is -1.25. The summed E-state index contributed by atoms with van der Waals surface area (Å²) in [6.07, 6.45) is 0. The third-order valence-electron chi connectivity index (χ3n) is 2.93. The van der Waals surface area contributed by atoms with Crippen molar-refractivity contribution in [2.75, 3.05) is 0 Å². The van der Waals surface area contributed by atoms with Crippen LogP contribution in [-0.2, 0) is 12.4 Å². The largest absolute Gasteiger partial charge is 0.392 e. The van der Waals surface area contributed by atoms with Crippen molar-refractivity contribution in [2.24, 2.45) is 0 Å². The molecule has 0 bridgehead atoms. The van der Waals surface area contributed by atoms with Gasteiger partial charge >= 0.3 is 0 Å². The maximum atomic E-state index is 8.99. The quantitative estimate of drug-likeness (QED) is 0.834. The lowest BCUT2D eigenvalue weighted by Gasteiger charge is -2.07. The van der Waals surface area contributed by atoms with Gasteiger partial charge in [-0.25, -0.2) is 0 Å². The minimum atomic E-state index is 0.116. The molecule has 0 aromatic heterocycles. The van der Waals surface area contributed by atoms with E-state index in [1.807, 2.05) is 23.9 Å². The van der Waals surface area contributed by atoms with Crippen molar-refractivity contribution in [2.45, 2.75) is 31.1 Å². The van der Waals surface area contributed by atoms with E-state index in [-0.39, 0.29) is 6.61 Å². The van der Waals surface area contributed by atoms with E-state index in [1.54, 1.807) is 0 Å². The first-order valence-corrected chi connectivity index (χ1v) is 7.06. The fourth-order valence-electron chi connectivity index (χ4n) is 1.86. The molecule has 94 valence electrons. The smallest absolute Gasteiger partial charge is 0.0681 e. The molecule has 0 unspecified atom stereocenters. The first-order valence-electron chi connectivity index (χ1n) is 6.08. The van der Waals surface area contributed by atoms with E-state index in [4.69, 9.17) is 5.11 Å². The Morgan fingerprint density at radius 2 is 1.61 bits per heavy atom. The van der Waals surface area contributed by atoms with Crippen LogP contribution in [0.4, 0.5) is 0 Å². The van der Waals surface area contributed by atoms with Crippen LogP contribution in [0.3, 0.4) is 0 Å². The van der Waals surface area contributed by atoms with Crippen LogP contribution in [0, 0.1) is 13.8 Å². The zero-order valence-electron chi connectivity index (χ0n) is 10.8. The fraction of sp³-hybridized carbons (Fsp3) is 0.250. The summed E-state index contributed by atoms with van der Waals surface area (Å²) in [5.74, 6) is 0.968. The van der Waals surface area contributed by atoms with Crippen LogP contribution in [0.25, 0.3) is 0 Å². The molecule has 1 N–H and O–H groups in total. The van der Waals surface area contributed by atoms with E-state index in [0.29, 0.717) is 0 Å². The Morgan fingerprint density at radius 3 is 2.22 bits per heavy atom. The van der Waals surface area contributed by atoms with E-state index in [2.05, 4.69) is 44.2 Å². The van der Waals surface area contributed by atoms with Gasteiger partial charge in [-0.1, -0.05) is 42.0 Å². The van der Waals surface area contributed by atoms with Crippen molar-refractivity contribution in [3.05, 3.63) is 64.7 Å². The lowest BCUT2D eigenvalue weighted by atomic mass is 10.2. The highest BCUT2D eigenvalue weighted by molar-refractivity contribution is 7.98. The van der Waals surface area contributed by atoms with Gasteiger partial charge in [-0.2, -0.15) is 0 Å². The predicted octanol–water partition coefficient (Wildman–Crippen LogP) is 4.09. The number of hydrogen-bond acceptors (Lipinski definition) is 2. The number of rotatable bonds is 4. The zero-order chi connectivity index (χ0) is 13.0. The standard InChI is InChI=1S/C16H18OS/c1-12-3-8-16(13(2)9-12)18-11-15-6-4-14(10-17)5-7-15/h3-9,17H,10-11H2,1-2H3. The van der Waals surface area contributed by atoms with Crippen LogP contribution in [0.15, 0.2) is 47.4 Å². The van der Waals surface area contributed by atoms with Crippen molar-refractivity contribution < 1.29 is 5.11 Å². The Morgan fingerprint density at radius 1 is 0.944 bits per heavy atom. The summed E-state index contributed by atoms with van der Waals surface area (Å²) in [6.45, 7) is 4.39. The number of aliphatic hydroxyl groups is 1. The van der Waals surface area contributed by atoms with Crippen LogP contribution in [0.5, 0.6) is 0 Å². The molecule has 0 saturated heterocycles. The second kappa shape index (κ2) is 6.07. The first kappa shape index (κ1) is 13.2. The van der Waals surface area contributed by atoms with Gasteiger partial charge in [0.1, 0.15) is 0 Å². The fourth-order valence-corrected chi connectivity index (χ4v) is 2.83. The molecule has 18 heavy (non-hydrogen) atoms. The topological polar surface area (TPSA) is 20.2 Å². The minimum absolute atomic E-state index is 0.116. The highest BCUT2D eigenvalue weighted by Crippen LogP contribution is 2.26. The molecule has 2 rings (SSSR count). The van der Waals surface area contributed by atoms with E-state index in [1.165, 1.54) is 21.6 Å². The van der Waals surface area contributed by atoms with Gasteiger partial charge in [0.05, 0.1) is 6.61 Å². The predicted molar refractivity (Wildman–Crippen MR) is 77.8 cm³/mol. The summed E-state index contributed by atoms with van der Waals surface area (Å²) in [5.41, 5.74) is 4.91. The van der Waals surface area contributed by atoms with Gasteiger partial charge in [-0.15, -0.1) is 11.8 Å². The molecule has 0 radical (unpaired) electrons. The highest BCUT2D eigenvalue weighted by Gasteiger charge is 2.00. The summed E-state index contributed by atoms with van der Waals surface area (Å²) in [7, 11) is 0. The van der Waals surface area contributed by atoms with Crippen molar-refractivity contribution >= 4 is 11.8 Å². The molecular weight excluding hydrogens is 240 g/mol. The molecular formula is C16H18OS. The lowest BCUT2D eigenvalue weighted by molar-refractivity contribution is 0.282. The molecule has 0 spiro atoms. The van der Waals surface area contributed by atoms with E-state index in [0.717, 1.165) is 11.3 Å². The van der Waals surface area contributed by atoms with Gasteiger partial charge in [0.25, 0.3) is 0 Å². The number of thioether (sulfide) groups is 1. The summed E-state index contributed by atoms with van der Waals surface area (Å²) in [4.78, 5) is 1.34. The van der Waals surface area contributed by atoms with Crippen LogP contribution < -0.4 is 0 Å². The van der Waals surface area contributed by atoms with Crippen molar-refractivity contribution in [3.8, 4) is 0 Å². The zero-order valence-corrected chi connectivity index (χ0v) is 11.6. The van der Waals surface area contributed by atoms with Crippen molar-refractivity contribution in [1.82, 2.24) is 0 Å².